The SMILES string of the molecule is CC(=O)ON(C(=O)c1ccc(CS(=O)c2ccc(Cl)cc2NS(=O)(=O)c2ccc(Cl)c(C(F)(F)F)c2)cc1)C(C)(C)C. The molecule has 42 heavy (non-hydrogen) atoms. The van der Waals surface area contributed by atoms with Crippen LogP contribution in [-0.4, -0.2) is 35.1 Å². The topological polar surface area (TPSA) is 110 Å². The first-order chi connectivity index (χ1) is 19.3. The van der Waals surface area contributed by atoms with E-state index >= 15 is 0 Å². The van der Waals surface area contributed by atoms with Crippen LogP contribution in [0.5, 0.6) is 0 Å². The van der Waals surface area contributed by atoms with Crippen LogP contribution in [0.2, 0.25) is 10.0 Å². The minimum atomic E-state index is -4.89. The Bertz CT molecular complexity index is 1640. The smallest absolute Gasteiger partial charge is 0.338 e. The van der Waals surface area contributed by atoms with Crippen LogP contribution < -0.4 is 4.72 Å². The zero-order chi connectivity index (χ0) is 31.6. The number of amides is 1. The van der Waals surface area contributed by atoms with Gasteiger partial charge in [-0.15, -0.1) is 0 Å². The number of nitrogens with zero attached hydrogens (tertiary/aromatic N) is 1. The Morgan fingerprint density at radius 2 is 1.60 bits per heavy atom. The van der Waals surface area contributed by atoms with Gasteiger partial charge >= 0.3 is 12.1 Å². The molecule has 0 saturated carbocycles. The Hall–Kier alpha value is -3.13. The molecule has 0 aliphatic heterocycles. The molecule has 8 nitrogen and oxygen atoms in total. The molecule has 226 valence electrons. The molecule has 1 N–H and O–H groups in total. The summed E-state index contributed by atoms with van der Waals surface area (Å²) >= 11 is 11.6. The lowest BCUT2D eigenvalue weighted by molar-refractivity contribution is -0.192. The van der Waals surface area contributed by atoms with Crippen LogP contribution in [0.15, 0.2) is 70.5 Å². The molecule has 0 aliphatic carbocycles. The second kappa shape index (κ2) is 12.6. The van der Waals surface area contributed by atoms with Gasteiger partial charge in [-0.05, 0) is 74.9 Å². The normalized spacial score (nSPS) is 12.9. The molecule has 0 bridgehead atoms. The Balaban J connectivity index is 1.86. The molecule has 0 fully saturated rings. The fourth-order valence-corrected chi connectivity index (χ4v) is 6.36. The zero-order valence-corrected chi connectivity index (χ0v) is 25.7. The fraction of sp³-hybridized carbons (Fsp3) is 0.259. The maximum atomic E-state index is 13.3. The minimum Gasteiger partial charge on any atom is -0.338 e. The van der Waals surface area contributed by atoms with E-state index in [1.54, 1.807) is 20.8 Å². The van der Waals surface area contributed by atoms with Gasteiger partial charge in [0.25, 0.3) is 15.9 Å². The van der Waals surface area contributed by atoms with Crippen LogP contribution in [0.25, 0.3) is 0 Å². The van der Waals surface area contributed by atoms with Crippen molar-refractivity contribution in [3.63, 3.8) is 0 Å². The summed E-state index contributed by atoms with van der Waals surface area (Å²) in [5, 5.41) is 0.364. The van der Waals surface area contributed by atoms with Crippen molar-refractivity contribution in [1.82, 2.24) is 5.06 Å². The molecule has 0 saturated heterocycles. The molecule has 0 aromatic heterocycles. The monoisotopic (exact) mass is 664 g/mol. The van der Waals surface area contributed by atoms with E-state index in [0.717, 1.165) is 17.2 Å². The lowest BCUT2D eigenvalue weighted by Gasteiger charge is -2.32. The summed E-state index contributed by atoms with van der Waals surface area (Å²) < 4.78 is 81.3. The third kappa shape index (κ3) is 8.24. The summed E-state index contributed by atoms with van der Waals surface area (Å²) in [4.78, 5) is 28.8. The number of hydrogen-bond acceptors (Lipinski definition) is 6. The van der Waals surface area contributed by atoms with E-state index in [1.807, 2.05) is 0 Å². The van der Waals surface area contributed by atoms with E-state index in [-0.39, 0.29) is 26.9 Å². The lowest BCUT2D eigenvalue weighted by atomic mass is 10.1. The Kier molecular flexibility index (Phi) is 10.0. The molecular formula is C27H25Cl2F3N2O6S2. The van der Waals surface area contributed by atoms with E-state index < -0.39 is 59.9 Å². The lowest BCUT2D eigenvalue weighted by Crippen LogP contribution is -2.46. The number of anilines is 1. The highest BCUT2D eigenvalue weighted by molar-refractivity contribution is 7.92. The van der Waals surface area contributed by atoms with Crippen molar-refractivity contribution in [3.8, 4) is 0 Å². The summed E-state index contributed by atoms with van der Waals surface area (Å²) in [5.74, 6) is -1.36. The second-order valence-corrected chi connectivity index (χ2v) is 13.9. The molecular weight excluding hydrogens is 640 g/mol. The van der Waals surface area contributed by atoms with Gasteiger partial charge in [0.05, 0.1) is 48.2 Å². The number of carbonyl (C=O) groups excluding carboxylic acids is 2. The number of nitrogens with one attached hydrogen (secondary N) is 1. The van der Waals surface area contributed by atoms with E-state index in [2.05, 4.69) is 4.72 Å². The number of benzene rings is 3. The first-order valence-electron chi connectivity index (χ1n) is 12.0. The van der Waals surface area contributed by atoms with Gasteiger partial charge in [-0.2, -0.15) is 18.2 Å². The van der Waals surface area contributed by atoms with Crippen molar-refractivity contribution in [2.75, 3.05) is 4.72 Å². The Morgan fingerprint density at radius 1 is 0.976 bits per heavy atom. The van der Waals surface area contributed by atoms with Crippen molar-refractivity contribution < 1.29 is 40.2 Å². The minimum absolute atomic E-state index is 0.0157. The van der Waals surface area contributed by atoms with Gasteiger partial charge in [0.1, 0.15) is 0 Å². The standard InChI is InChI=1S/C27H25Cl2F3N2O6S2/c1-16(35)40-34(26(2,3)4)25(36)18-7-5-17(6-8-18)15-41(37)24-12-9-19(28)13-23(24)33-42(38,39)20-10-11-22(29)21(14-20)27(30,31)32/h5-14,33H,15H2,1-4H3. The fourth-order valence-electron chi connectivity index (χ4n) is 3.57. The summed E-state index contributed by atoms with van der Waals surface area (Å²) in [7, 11) is -6.45. The predicted octanol–water partition coefficient (Wildman–Crippen LogP) is 6.84. The quantitative estimate of drug-likeness (QED) is 0.277. The third-order valence-electron chi connectivity index (χ3n) is 5.50. The van der Waals surface area contributed by atoms with Crippen LogP contribution >= 0.6 is 23.2 Å². The molecule has 3 rings (SSSR count). The Labute approximate surface area is 253 Å². The summed E-state index contributed by atoms with van der Waals surface area (Å²) in [6.45, 7) is 6.23. The molecule has 15 heteroatoms. The number of sulfonamides is 1. The second-order valence-electron chi connectivity index (χ2n) is 9.93. The van der Waals surface area contributed by atoms with Crippen LogP contribution in [0.1, 0.15) is 49.2 Å². The largest absolute Gasteiger partial charge is 0.417 e. The van der Waals surface area contributed by atoms with Crippen LogP contribution in [0, 0.1) is 0 Å². The highest BCUT2D eigenvalue weighted by Gasteiger charge is 2.35. The van der Waals surface area contributed by atoms with Gasteiger partial charge in [0.15, 0.2) is 0 Å². The number of alkyl halides is 3. The highest BCUT2D eigenvalue weighted by atomic mass is 35.5. The van der Waals surface area contributed by atoms with E-state index in [0.29, 0.717) is 11.6 Å². The molecule has 0 heterocycles. The predicted molar refractivity (Wildman–Crippen MR) is 153 cm³/mol. The maximum Gasteiger partial charge on any atom is 0.417 e. The van der Waals surface area contributed by atoms with E-state index in [4.69, 9.17) is 28.0 Å². The van der Waals surface area contributed by atoms with Crippen molar-refractivity contribution in [2.45, 2.75) is 55.0 Å². The van der Waals surface area contributed by atoms with Gasteiger partial charge in [-0.1, -0.05) is 35.3 Å². The van der Waals surface area contributed by atoms with Gasteiger partial charge < -0.3 is 4.84 Å². The van der Waals surface area contributed by atoms with Crippen LogP contribution in [0.4, 0.5) is 18.9 Å². The molecule has 0 radical (unpaired) electrons. The maximum absolute atomic E-state index is 13.3. The van der Waals surface area contributed by atoms with Gasteiger partial charge in [-0.3, -0.25) is 18.5 Å². The summed E-state index contributed by atoms with van der Waals surface area (Å²) in [6, 6.07) is 12.0. The van der Waals surface area contributed by atoms with Crippen LogP contribution in [-0.2, 0) is 42.4 Å². The van der Waals surface area contributed by atoms with E-state index in [9.17, 15) is 35.4 Å². The van der Waals surface area contributed by atoms with Gasteiger partial charge in [0, 0.05) is 17.5 Å². The first kappa shape index (κ1) is 33.4. The molecule has 0 aliphatic rings. The van der Waals surface area contributed by atoms with E-state index in [1.165, 1.54) is 49.4 Å². The van der Waals surface area contributed by atoms with Crippen LogP contribution in [0.3, 0.4) is 0 Å². The third-order valence-corrected chi connectivity index (χ3v) is 8.87. The molecule has 1 atom stereocenters. The van der Waals surface area contributed by atoms with Crippen molar-refractivity contribution in [3.05, 3.63) is 87.4 Å². The van der Waals surface area contributed by atoms with Crippen molar-refractivity contribution >= 4 is 61.6 Å². The van der Waals surface area contributed by atoms with Crippen molar-refractivity contribution in [2.24, 2.45) is 0 Å². The zero-order valence-electron chi connectivity index (χ0n) is 22.6. The average Bonchev–Trinajstić information content (AvgIpc) is 2.86. The first-order valence-corrected chi connectivity index (χ1v) is 15.5. The molecule has 1 amide bonds. The average molecular weight is 666 g/mol. The molecule has 3 aromatic rings. The number of rotatable bonds is 7. The summed E-state index contributed by atoms with van der Waals surface area (Å²) in [6.07, 6.45) is -4.89. The van der Waals surface area contributed by atoms with Gasteiger partial charge in [-0.25, -0.2) is 8.42 Å². The number of halogens is 5. The Morgan fingerprint density at radius 3 is 2.14 bits per heavy atom. The molecule has 0 spiro atoms. The molecule has 1 unspecified atom stereocenters. The highest BCUT2D eigenvalue weighted by Crippen LogP contribution is 2.36. The number of hydrogen-bond donors (Lipinski definition) is 1. The summed E-state index contributed by atoms with van der Waals surface area (Å²) in [5.41, 5.74) is -1.65. The number of carbonyl (C=O) groups is 2. The number of hydroxylamine groups is 2. The van der Waals surface area contributed by atoms with Crippen molar-refractivity contribution in [1.29, 1.82) is 0 Å². The molecule has 3 aromatic carbocycles. The van der Waals surface area contributed by atoms with Gasteiger partial charge in [0.2, 0.25) is 0 Å².